The predicted molar refractivity (Wildman–Crippen MR) is 80.2 cm³/mol. The van der Waals surface area contributed by atoms with Gasteiger partial charge >= 0.3 is 0 Å². The first kappa shape index (κ1) is 14.8. The van der Waals surface area contributed by atoms with Gasteiger partial charge in [0.15, 0.2) is 0 Å². The van der Waals surface area contributed by atoms with Gasteiger partial charge in [0.25, 0.3) is 0 Å². The van der Waals surface area contributed by atoms with E-state index in [0.29, 0.717) is 17.8 Å². The topological polar surface area (TPSA) is 86.2 Å². The number of hydrogen-bond donors (Lipinski definition) is 3. The molecule has 0 radical (unpaired) electrons. The summed E-state index contributed by atoms with van der Waals surface area (Å²) in [5.74, 6) is 1.85. The van der Waals surface area contributed by atoms with E-state index in [1.807, 2.05) is 6.92 Å². The van der Waals surface area contributed by atoms with E-state index < -0.39 is 0 Å². The summed E-state index contributed by atoms with van der Waals surface area (Å²) >= 11 is 0. The van der Waals surface area contributed by atoms with Gasteiger partial charge in [0.2, 0.25) is 17.8 Å². The van der Waals surface area contributed by atoms with Gasteiger partial charge < -0.3 is 20.6 Å². The Bertz CT molecular complexity index is 431. The lowest BCUT2D eigenvalue weighted by molar-refractivity contribution is 0.0834. The molecule has 1 aromatic rings. The standard InChI is InChI=1S/C13H24N6O/c1-4-14-11-16-12(15-9-7-10(20)8-9)18-13(17-11)19(5-2)6-3/h9-10,20H,4-8H2,1-3H3,(H2,14,15,16,17,18). The molecule has 1 saturated carbocycles. The average Bonchev–Trinajstić information content (AvgIpc) is 2.39. The molecule has 0 atom stereocenters. The average molecular weight is 280 g/mol. The molecule has 0 saturated heterocycles. The molecule has 1 heterocycles. The van der Waals surface area contributed by atoms with Crippen molar-refractivity contribution in [3.05, 3.63) is 0 Å². The Balaban J connectivity index is 2.16. The van der Waals surface area contributed by atoms with E-state index in [9.17, 15) is 5.11 Å². The van der Waals surface area contributed by atoms with Gasteiger partial charge in [-0.3, -0.25) is 0 Å². The highest BCUT2D eigenvalue weighted by atomic mass is 16.3. The van der Waals surface area contributed by atoms with Crippen LogP contribution in [0.5, 0.6) is 0 Å². The molecule has 0 spiro atoms. The first-order chi connectivity index (χ1) is 9.66. The first-order valence-electron chi connectivity index (χ1n) is 7.35. The maximum absolute atomic E-state index is 9.34. The summed E-state index contributed by atoms with van der Waals surface area (Å²) in [5.41, 5.74) is 0. The molecule has 1 fully saturated rings. The summed E-state index contributed by atoms with van der Waals surface area (Å²) in [4.78, 5) is 15.4. The predicted octanol–water partition coefficient (Wildman–Crippen LogP) is 1.08. The van der Waals surface area contributed by atoms with Crippen LogP contribution in [-0.4, -0.2) is 51.8 Å². The largest absolute Gasteiger partial charge is 0.393 e. The molecule has 0 aliphatic heterocycles. The Morgan fingerprint density at radius 1 is 1.10 bits per heavy atom. The molecule has 112 valence electrons. The highest BCUT2D eigenvalue weighted by Crippen LogP contribution is 2.23. The molecule has 1 aromatic heterocycles. The number of aliphatic hydroxyl groups is 1. The van der Waals surface area contributed by atoms with E-state index in [-0.39, 0.29) is 12.1 Å². The van der Waals surface area contributed by atoms with Crippen molar-refractivity contribution >= 4 is 17.8 Å². The van der Waals surface area contributed by atoms with Crippen molar-refractivity contribution in [1.82, 2.24) is 15.0 Å². The van der Waals surface area contributed by atoms with Crippen LogP contribution < -0.4 is 15.5 Å². The second-order valence-corrected chi connectivity index (χ2v) is 4.95. The van der Waals surface area contributed by atoms with E-state index in [2.05, 4.69) is 44.3 Å². The van der Waals surface area contributed by atoms with Crippen LogP contribution in [0.1, 0.15) is 33.6 Å². The van der Waals surface area contributed by atoms with Crippen molar-refractivity contribution in [2.75, 3.05) is 35.2 Å². The Morgan fingerprint density at radius 3 is 2.30 bits per heavy atom. The van der Waals surface area contributed by atoms with E-state index in [1.54, 1.807) is 0 Å². The third kappa shape index (κ3) is 3.47. The van der Waals surface area contributed by atoms with Crippen LogP contribution in [0.25, 0.3) is 0 Å². The molecule has 2 rings (SSSR count). The Labute approximate surface area is 119 Å². The SMILES string of the molecule is CCNc1nc(NC2CC(O)C2)nc(N(CC)CC)n1. The minimum Gasteiger partial charge on any atom is -0.393 e. The summed E-state index contributed by atoms with van der Waals surface area (Å²) in [7, 11) is 0. The van der Waals surface area contributed by atoms with Crippen LogP contribution in [0.3, 0.4) is 0 Å². The Kier molecular flexibility index (Phi) is 4.94. The quantitative estimate of drug-likeness (QED) is 0.689. The van der Waals surface area contributed by atoms with Gasteiger partial charge in [-0.25, -0.2) is 0 Å². The maximum atomic E-state index is 9.34. The number of aromatic nitrogens is 3. The normalized spacial score (nSPS) is 21.2. The van der Waals surface area contributed by atoms with Gasteiger partial charge in [0.05, 0.1) is 6.10 Å². The molecule has 0 bridgehead atoms. The molecule has 1 aliphatic rings. The van der Waals surface area contributed by atoms with E-state index in [0.717, 1.165) is 32.5 Å². The van der Waals surface area contributed by atoms with Gasteiger partial charge in [0.1, 0.15) is 0 Å². The van der Waals surface area contributed by atoms with Crippen molar-refractivity contribution < 1.29 is 5.11 Å². The molecule has 7 heteroatoms. The van der Waals surface area contributed by atoms with Gasteiger partial charge in [-0.15, -0.1) is 0 Å². The van der Waals surface area contributed by atoms with Crippen LogP contribution in [-0.2, 0) is 0 Å². The van der Waals surface area contributed by atoms with E-state index in [4.69, 9.17) is 0 Å². The minimum absolute atomic E-state index is 0.190. The maximum Gasteiger partial charge on any atom is 0.231 e. The smallest absolute Gasteiger partial charge is 0.231 e. The lowest BCUT2D eigenvalue weighted by atomic mass is 9.90. The number of hydrogen-bond acceptors (Lipinski definition) is 7. The molecule has 20 heavy (non-hydrogen) atoms. The van der Waals surface area contributed by atoms with Crippen LogP contribution >= 0.6 is 0 Å². The zero-order chi connectivity index (χ0) is 14.5. The highest BCUT2D eigenvalue weighted by Gasteiger charge is 2.28. The number of nitrogens with zero attached hydrogens (tertiary/aromatic N) is 4. The number of rotatable bonds is 7. The van der Waals surface area contributed by atoms with Crippen LogP contribution in [0, 0.1) is 0 Å². The summed E-state index contributed by atoms with van der Waals surface area (Å²) in [5, 5.41) is 15.7. The molecular formula is C13H24N6O. The van der Waals surface area contributed by atoms with E-state index in [1.165, 1.54) is 0 Å². The van der Waals surface area contributed by atoms with Crippen molar-refractivity contribution in [2.45, 2.75) is 45.8 Å². The van der Waals surface area contributed by atoms with E-state index >= 15 is 0 Å². The van der Waals surface area contributed by atoms with Gasteiger partial charge in [0, 0.05) is 25.7 Å². The third-order valence-electron chi connectivity index (χ3n) is 3.45. The second kappa shape index (κ2) is 6.69. The zero-order valence-corrected chi connectivity index (χ0v) is 12.4. The van der Waals surface area contributed by atoms with Gasteiger partial charge in [-0.2, -0.15) is 15.0 Å². The molecular weight excluding hydrogens is 256 g/mol. The van der Waals surface area contributed by atoms with Crippen LogP contribution in [0.15, 0.2) is 0 Å². The molecule has 1 aliphatic carbocycles. The number of aliphatic hydroxyl groups excluding tert-OH is 1. The molecule has 0 aromatic carbocycles. The van der Waals surface area contributed by atoms with Gasteiger partial charge in [-0.05, 0) is 33.6 Å². The van der Waals surface area contributed by atoms with Crippen LogP contribution in [0.4, 0.5) is 17.8 Å². The van der Waals surface area contributed by atoms with Crippen molar-refractivity contribution in [2.24, 2.45) is 0 Å². The van der Waals surface area contributed by atoms with Gasteiger partial charge in [-0.1, -0.05) is 0 Å². The highest BCUT2D eigenvalue weighted by molar-refractivity contribution is 5.44. The Hall–Kier alpha value is -1.63. The zero-order valence-electron chi connectivity index (χ0n) is 12.4. The molecule has 3 N–H and O–H groups in total. The van der Waals surface area contributed by atoms with Crippen molar-refractivity contribution in [1.29, 1.82) is 0 Å². The second-order valence-electron chi connectivity index (χ2n) is 4.95. The third-order valence-corrected chi connectivity index (χ3v) is 3.45. The van der Waals surface area contributed by atoms with Crippen LogP contribution in [0.2, 0.25) is 0 Å². The fraction of sp³-hybridized carbons (Fsp3) is 0.769. The fourth-order valence-electron chi connectivity index (χ4n) is 2.20. The Morgan fingerprint density at radius 2 is 1.75 bits per heavy atom. The lowest BCUT2D eigenvalue weighted by Crippen LogP contribution is -2.39. The fourth-order valence-corrected chi connectivity index (χ4v) is 2.20. The summed E-state index contributed by atoms with van der Waals surface area (Å²) in [6, 6.07) is 0.256. The number of nitrogens with one attached hydrogen (secondary N) is 2. The molecule has 0 amide bonds. The first-order valence-corrected chi connectivity index (χ1v) is 7.35. The summed E-state index contributed by atoms with van der Waals surface area (Å²) < 4.78 is 0. The monoisotopic (exact) mass is 280 g/mol. The van der Waals surface area contributed by atoms with Crippen molar-refractivity contribution in [3.63, 3.8) is 0 Å². The lowest BCUT2D eigenvalue weighted by Gasteiger charge is -2.32. The van der Waals surface area contributed by atoms with Crippen molar-refractivity contribution in [3.8, 4) is 0 Å². The molecule has 7 nitrogen and oxygen atoms in total. The summed E-state index contributed by atoms with van der Waals surface area (Å²) in [6.07, 6.45) is 1.32. The number of anilines is 3. The summed E-state index contributed by atoms with van der Waals surface area (Å²) in [6.45, 7) is 8.64. The minimum atomic E-state index is -0.190. The molecule has 0 unspecified atom stereocenters.